The summed E-state index contributed by atoms with van der Waals surface area (Å²) in [5.41, 5.74) is 1.60. The second-order valence-corrected chi connectivity index (χ2v) is 4.99. The van der Waals surface area contributed by atoms with Crippen LogP contribution in [0.1, 0.15) is 26.3 Å². The van der Waals surface area contributed by atoms with Crippen LogP contribution < -0.4 is 4.90 Å². The van der Waals surface area contributed by atoms with Crippen LogP contribution in [0.2, 0.25) is 0 Å². The first-order chi connectivity index (χ1) is 11.0. The third-order valence-corrected chi connectivity index (χ3v) is 3.74. The number of nitro groups is 1. The second-order valence-electron chi connectivity index (χ2n) is 4.99. The van der Waals surface area contributed by atoms with Crippen LogP contribution in [-0.2, 0) is 11.3 Å². The van der Waals surface area contributed by atoms with Gasteiger partial charge in [0.1, 0.15) is 0 Å². The number of nitrogens with zero attached hydrogens (tertiary/aromatic N) is 2. The molecule has 0 N–H and O–H groups in total. The molecule has 2 aromatic carbocycles. The quantitative estimate of drug-likeness (QED) is 0.493. The first kappa shape index (κ1) is 14.7. The standard InChI is InChI=1S/C16H12N2O5/c1-23-16(20)10-5-7-11(8-6-10)17-9-13-12(15(17)19)3-2-4-14(13)18(21)22/h2-8H,9H2,1H3. The van der Waals surface area contributed by atoms with Crippen molar-refractivity contribution in [2.24, 2.45) is 0 Å². The van der Waals surface area contributed by atoms with Gasteiger partial charge in [0.05, 0.1) is 35.3 Å². The van der Waals surface area contributed by atoms with Crippen molar-refractivity contribution in [1.29, 1.82) is 0 Å². The van der Waals surface area contributed by atoms with Gasteiger partial charge < -0.3 is 9.64 Å². The number of esters is 1. The topological polar surface area (TPSA) is 89.8 Å². The fourth-order valence-electron chi connectivity index (χ4n) is 2.59. The number of carbonyl (C=O) groups is 2. The summed E-state index contributed by atoms with van der Waals surface area (Å²) < 4.78 is 4.62. The van der Waals surface area contributed by atoms with Gasteiger partial charge in [-0.25, -0.2) is 4.79 Å². The number of benzene rings is 2. The molecule has 116 valence electrons. The van der Waals surface area contributed by atoms with Crippen molar-refractivity contribution in [1.82, 2.24) is 0 Å². The Bertz CT molecular complexity index is 814. The summed E-state index contributed by atoms with van der Waals surface area (Å²) in [6.45, 7) is 0.128. The Hall–Kier alpha value is -3.22. The second kappa shape index (κ2) is 5.53. The molecule has 7 nitrogen and oxygen atoms in total. The molecule has 1 aliphatic rings. The molecule has 1 aliphatic heterocycles. The number of nitro benzene ring substituents is 1. The normalized spacial score (nSPS) is 12.9. The van der Waals surface area contributed by atoms with Gasteiger partial charge in [0, 0.05) is 11.8 Å². The molecule has 1 heterocycles. The number of amides is 1. The molecule has 0 saturated heterocycles. The smallest absolute Gasteiger partial charge is 0.337 e. The summed E-state index contributed by atoms with van der Waals surface area (Å²) in [7, 11) is 1.29. The number of hydrogen-bond donors (Lipinski definition) is 0. The predicted molar refractivity (Wildman–Crippen MR) is 81.4 cm³/mol. The lowest BCUT2D eigenvalue weighted by molar-refractivity contribution is -0.385. The molecule has 0 fully saturated rings. The minimum atomic E-state index is -0.490. The van der Waals surface area contributed by atoms with E-state index in [4.69, 9.17) is 0 Å². The highest BCUT2D eigenvalue weighted by atomic mass is 16.6. The molecule has 3 rings (SSSR count). The van der Waals surface area contributed by atoms with Crippen LogP contribution in [0, 0.1) is 10.1 Å². The largest absolute Gasteiger partial charge is 0.465 e. The van der Waals surface area contributed by atoms with Crippen molar-refractivity contribution in [3.8, 4) is 0 Å². The molecule has 0 spiro atoms. The van der Waals surface area contributed by atoms with E-state index in [2.05, 4.69) is 4.74 Å². The SMILES string of the molecule is COC(=O)c1ccc(N2Cc3c(cccc3[N+](=O)[O-])C2=O)cc1. The van der Waals surface area contributed by atoms with Crippen LogP contribution in [0.25, 0.3) is 0 Å². The molecule has 0 radical (unpaired) electrons. The Morgan fingerprint density at radius 1 is 1.22 bits per heavy atom. The van der Waals surface area contributed by atoms with E-state index in [0.717, 1.165) is 0 Å². The Kier molecular flexibility index (Phi) is 3.53. The minimum Gasteiger partial charge on any atom is -0.465 e. The van der Waals surface area contributed by atoms with E-state index in [1.54, 1.807) is 30.3 Å². The minimum absolute atomic E-state index is 0.0652. The molecule has 0 aromatic heterocycles. The lowest BCUT2D eigenvalue weighted by Gasteiger charge is -2.15. The molecule has 1 amide bonds. The molecular formula is C16H12N2O5. The summed E-state index contributed by atoms with van der Waals surface area (Å²) >= 11 is 0. The summed E-state index contributed by atoms with van der Waals surface area (Å²) in [5.74, 6) is -0.766. The number of rotatable bonds is 3. The number of ether oxygens (including phenoxy) is 1. The van der Waals surface area contributed by atoms with Gasteiger partial charge in [-0.2, -0.15) is 0 Å². The summed E-state index contributed by atoms with van der Waals surface area (Å²) in [6, 6.07) is 10.8. The van der Waals surface area contributed by atoms with E-state index < -0.39 is 10.9 Å². The number of anilines is 1. The van der Waals surface area contributed by atoms with Crippen LogP contribution in [-0.4, -0.2) is 23.9 Å². The van der Waals surface area contributed by atoms with E-state index in [1.165, 1.54) is 24.1 Å². The first-order valence-electron chi connectivity index (χ1n) is 6.79. The van der Waals surface area contributed by atoms with Gasteiger partial charge in [0.25, 0.3) is 11.6 Å². The van der Waals surface area contributed by atoms with Gasteiger partial charge >= 0.3 is 5.97 Å². The van der Waals surface area contributed by atoms with Gasteiger partial charge in [-0.15, -0.1) is 0 Å². The zero-order chi connectivity index (χ0) is 16.6. The molecule has 0 saturated carbocycles. The zero-order valence-electron chi connectivity index (χ0n) is 12.2. The Morgan fingerprint density at radius 3 is 2.52 bits per heavy atom. The third kappa shape index (κ3) is 2.42. The number of carbonyl (C=O) groups excluding carboxylic acids is 2. The number of hydrogen-bond acceptors (Lipinski definition) is 5. The van der Waals surface area contributed by atoms with E-state index in [1.807, 2.05) is 0 Å². The van der Waals surface area contributed by atoms with E-state index in [9.17, 15) is 19.7 Å². The highest BCUT2D eigenvalue weighted by molar-refractivity contribution is 6.10. The Morgan fingerprint density at radius 2 is 1.91 bits per heavy atom. The van der Waals surface area contributed by atoms with Crippen LogP contribution >= 0.6 is 0 Å². The molecule has 0 unspecified atom stereocenters. The van der Waals surface area contributed by atoms with Crippen LogP contribution in [0.15, 0.2) is 42.5 Å². The lowest BCUT2D eigenvalue weighted by atomic mass is 10.1. The maximum absolute atomic E-state index is 12.5. The number of methoxy groups -OCH3 is 1. The highest BCUT2D eigenvalue weighted by Gasteiger charge is 2.33. The molecule has 0 atom stereocenters. The fourth-order valence-corrected chi connectivity index (χ4v) is 2.59. The van der Waals surface area contributed by atoms with Gasteiger partial charge in [-0.05, 0) is 30.3 Å². The average molecular weight is 312 g/mol. The van der Waals surface area contributed by atoms with Crippen molar-refractivity contribution in [2.75, 3.05) is 12.0 Å². The van der Waals surface area contributed by atoms with Crippen LogP contribution in [0.3, 0.4) is 0 Å². The highest BCUT2D eigenvalue weighted by Crippen LogP contribution is 2.33. The summed E-state index contributed by atoms with van der Waals surface area (Å²) in [4.78, 5) is 35.9. The fraction of sp³-hybridized carbons (Fsp3) is 0.125. The molecule has 7 heteroatoms. The molecule has 23 heavy (non-hydrogen) atoms. The first-order valence-corrected chi connectivity index (χ1v) is 6.79. The average Bonchev–Trinajstić information content (AvgIpc) is 2.91. The molecule has 0 aliphatic carbocycles. The number of fused-ring (bicyclic) bond motifs is 1. The van der Waals surface area contributed by atoms with Gasteiger partial charge in [0.2, 0.25) is 0 Å². The third-order valence-electron chi connectivity index (χ3n) is 3.74. The summed E-state index contributed by atoms with van der Waals surface area (Å²) in [6.07, 6.45) is 0. The van der Waals surface area contributed by atoms with E-state index >= 15 is 0 Å². The van der Waals surface area contributed by atoms with Crippen molar-refractivity contribution in [3.63, 3.8) is 0 Å². The molecular weight excluding hydrogens is 300 g/mol. The van der Waals surface area contributed by atoms with Crippen molar-refractivity contribution in [2.45, 2.75) is 6.54 Å². The van der Waals surface area contributed by atoms with E-state index in [-0.39, 0.29) is 18.1 Å². The van der Waals surface area contributed by atoms with Gasteiger partial charge in [-0.1, -0.05) is 6.07 Å². The zero-order valence-corrected chi connectivity index (χ0v) is 12.2. The van der Waals surface area contributed by atoms with Gasteiger partial charge in [0.15, 0.2) is 0 Å². The Labute approximate surface area is 131 Å². The van der Waals surface area contributed by atoms with Crippen molar-refractivity contribution < 1.29 is 19.2 Å². The van der Waals surface area contributed by atoms with Crippen molar-refractivity contribution >= 4 is 23.3 Å². The van der Waals surface area contributed by atoms with E-state index in [0.29, 0.717) is 22.4 Å². The van der Waals surface area contributed by atoms with Crippen molar-refractivity contribution in [3.05, 3.63) is 69.3 Å². The maximum Gasteiger partial charge on any atom is 0.337 e. The monoisotopic (exact) mass is 312 g/mol. The molecule has 2 aromatic rings. The van der Waals surface area contributed by atoms with Crippen LogP contribution in [0.4, 0.5) is 11.4 Å². The lowest BCUT2D eigenvalue weighted by Crippen LogP contribution is -2.23. The van der Waals surface area contributed by atoms with Gasteiger partial charge in [-0.3, -0.25) is 14.9 Å². The Balaban J connectivity index is 1.94. The molecule has 0 bridgehead atoms. The predicted octanol–water partition coefficient (Wildman–Crippen LogP) is 2.54. The van der Waals surface area contributed by atoms with Crippen LogP contribution in [0.5, 0.6) is 0 Å². The maximum atomic E-state index is 12.5. The summed E-state index contributed by atoms with van der Waals surface area (Å²) in [5, 5.41) is 11.1.